The average Bonchev–Trinajstić information content (AvgIpc) is 3.30. The van der Waals surface area contributed by atoms with Crippen LogP contribution >= 0.6 is 11.3 Å². The Balaban J connectivity index is 1.41. The number of halogens is 1. The zero-order chi connectivity index (χ0) is 21.6. The maximum Gasteiger partial charge on any atom is 0.412 e. The summed E-state index contributed by atoms with van der Waals surface area (Å²) in [6.45, 7) is 5.39. The number of carbonyl (C=O) groups is 1. The highest BCUT2D eigenvalue weighted by Gasteiger charge is 2.31. The van der Waals surface area contributed by atoms with Gasteiger partial charge >= 0.3 is 6.09 Å². The lowest BCUT2D eigenvalue weighted by Crippen LogP contribution is -2.52. The number of nitrogens with zero attached hydrogens (tertiary/aromatic N) is 2. The van der Waals surface area contributed by atoms with E-state index in [9.17, 15) is 9.18 Å². The Morgan fingerprint density at radius 2 is 1.71 bits per heavy atom. The third-order valence-corrected chi connectivity index (χ3v) is 6.45. The summed E-state index contributed by atoms with van der Waals surface area (Å²) in [5, 5.41) is 5.07. The van der Waals surface area contributed by atoms with E-state index >= 15 is 0 Å². The Bertz CT molecular complexity index is 958. The highest BCUT2D eigenvalue weighted by Crippen LogP contribution is 2.30. The van der Waals surface area contributed by atoms with Crippen LogP contribution in [-0.4, -0.2) is 43.2 Å². The van der Waals surface area contributed by atoms with Gasteiger partial charge in [-0.3, -0.25) is 4.90 Å². The number of amides is 1. The van der Waals surface area contributed by atoms with Crippen LogP contribution in [0.5, 0.6) is 5.75 Å². The smallest absolute Gasteiger partial charge is 0.410 e. The molecule has 0 unspecified atom stereocenters. The fourth-order valence-electron chi connectivity index (χ4n) is 4.00. The lowest BCUT2D eigenvalue weighted by molar-refractivity contribution is 0.146. The summed E-state index contributed by atoms with van der Waals surface area (Å²) < 4.78 is 18.7. The topological polar surface area (TPSA) is 44.8 Å². The predicted molar refractivity (Wildman–Crippen MR) is 122 cm³/mol. The molecule has 31 heavy (non-hydrogen) atoms. The van der Waals surface area contributed by atoms with E-state index in [0.717, 1.165) is 31.9 Å². The minimum Gasteiger partial charge on any atom is -0.410 e. The van der Waals surface area contributed by atoms with Crippen molar-refractivity contribution in [1.29, 1.82) is 0 Å². The fraction of sp³-hybridized carbons (Fsp3) is 0.292. The van der Waals surface area contributed by atoms with E-state index in [1.165, 1.54) is 17.0 Å². The highest BCUT2D eigenvalue weighted by molar-refractivity contribution is 7.10. The molecule has 0 bridgehead atoms. The molecular weight excluding hydrogens is 413 g/mol. The zero-order valence-corrected chi connectivity index (χ0v) is 18.2. The van der Waals surface area contributed by atoms with Crippen LogP contribution in [-0.2, 0) is 0 Å². The number of hydrogen-bond acceptors (Lipinski definition) is 5. The summed E-state index contributed by atoms with van der Waals surface area (Å²) in [6, 6.07) is 19.8. The van der Waals surface area contributed by atoms with E-state index in [1.54, 1.807) is 23.5 Å². The van der Waals surface area contributed by atoms with Gasteiger partial charge in [-0.15, -0.1) is 11.3 Å². The van der Waals surface area contributed by atoms with E-state index in [1.807, 2.05) is 43.3 Å². The second-order valence-corrected chi connectivity index (χ2v) is 8.57. The molecule has 1 aliphatic rings. The molecule has 0 spiro atoms. The first-order chi connectivity index (χ1) is 15.1. The largest absolute Gasteiger partial charge is 0.412 e. The Kier molecular flexibility index (Phi) is 6.84. The summed E-state index contributed by atoms with van der Waals surface area (Å²) in [5.41, 5.74) is 1.03. The van der Waals surface area contributed by atoms with Gasteiger partial charge in [0, 0.05) is 42.8 Å². The van der Waals surface area contributed by atoms with Crippen molar-refractivity contribution in [1.82, 2.24) is 10.2 Å². The quantitative estimate of drug-likeness (QED) is 0.592. The lowest BCUT2D eigenvalue weighted by atomic mass is 10.0. The van der Waals surface area contributed by atoms with E-state index in [0.29, 0.717) is 5.75 Å². The Morgan fingerprint density at radius 3 is 2.35 bits per heavy atom. The molecule has 2 atom stereocenters. The number of benzene rings is 2. The van der Waals surface area contributed by atoms with Crippen LogP contribution in [0, 0.1) is 5.82 Å². The molecule has 1 amide bonds. The molecule has 3 aromatic rings. The van der Waals surface area contributed by atoms with Gasteiger partial charge in [0.2, 0.25) is 0 Å². The Morgan fingerprint density at radius 1 is 1.00 bits per heavy atom. The summed E-state index contributed by atoms with van der Waals surface area (Å²) in [7, 11) is 0. The summed E-state index contributed by atoms with van der Waals surface area (Å²) in [4.78, 5) is 18.3. The highest BCUT2D eigenvalue weighted by atomic mass is 32.1. The molecule has 0 radical (unpaired) electrons. The van der Waals surface area contributed by atoms with Gasteiger partial charge in [-0.2, -0.15) is 0 Å². The minimum absolute atomic E-state index is 0.0543. The molecule has 5 nitrogen and oxygen atoms in total. The molecule has 1 fully saturated rings. The number of thiophene rings is 1. The summed E-state index contributed by atoms with van der Waals surface area (Å²) in [5.74, 6) is 0.301. The molecule has 1 saturated heterocycles. The Hall–Kier alpha value is -2.90. The molecular formula is C24H26FN3O2S. The number of ether oxygens (including phenoxy) is 1. The number of carbonyl (C=O) groups excluding carboxylic acids is 1. The maximum atomic E-state index is 13.2. The zero-order valence-electron chi connectivity index (χ0n) is 17.4. The monoisotopic (exact) mass is 439 g/mol. The van der Waals surface area contributed by atoms with Crippen molar-refractivity contribution in [2.24, 2.45) is 0 Å². The lowest BCUT2D eigenvalue weighted by Gasteiger charge is -2.42. The van der Waals surface area contributed by atoms with Gasteiger partial charge in [0.25, 0.3) is 0 Å². The van der Waals surface area contributed by atoms with E-state index in [4.69, 9.17) is 4.74 Å². The number of hydrogen-bond donors (Lipinski definition) is 1. The number of piperazine rings is 1. The first-order valence-corrected chi connectivity index (χ1v) is 11.3. The van der Waals surface area contributed by atoms with Gasteiger partial charge in [0.15, 0.2) is 0 Å². The van der Waals surface area contributed by atoms with E-state index < -0.39 is 6.09 Å². The van der Waals surface area contributed by atoms with Gasteiger partial charge in [0.1, 0.15) is 11.6 Å². The number of para-hydroxylation sites is 1. The van der Waals surface area contributed by atoms with Crippen molar-refractivity contribution in [2.75, 3.05) is 31.1 Å². The van der Waals surface area contributed by atoms with Crippen LogP contribution in [0.25, 0.3) is 0 Å². The van der Waals surface area contributed by atoms with E-state index in [2.05, 4.69) is 26.6 Å². The molecule has 1 N–H and O–H groups in total. The van der Waals surface area contributed by atoms with Crippen LogP contribution in [0.15, 0.2) is 72.1 Å². The Labute approximate surface area is 186 Å². The van der Waals surface area contributed by atoms with Crippen molar-refractivity contribution in [3.8, 4) is 5.75 Å². The van der Waals surface area contributed by atoms with Crippen LogP contribution in [0.2, 0.25) is 0 Å². The summed E-state index contributed by atoms with van der Waals surface area (Å²) >= 11 is 1.69. The second kappa shape index (κ2) is 9.94. The molecule has 7 heteroatoms. The van der Waals surface area contributed by atoms with Gasteiger partial charge in [-0.1, -0.05) is 24.3 Å². The van der Waals surface area contributed by atoms with Crippen molar-refractivity contribution in [3.63, 3.8) is 0 Å². The predicted octanol–water partition coefficient (Wildman–Crippen LogP) is 4.93. The first kappa shape index (κ1) is 21.3. The van der Waals surface area contributed by atoms with Crippen LogP contribution in [0.3, 0.4) is 0 Å². The van der Waals surface area contributed by atoms with Crippen molar-refractivity contribution in [2.45, 2.75) is 19.0 Å². The van der Waals surface area contributed by atoms with E-state index in [-0.39, 0.29) is 17.9 Å². The van der Waals surface area contributed by atoms with Crippen molar-refractivity contribution in [3.05, 3.63) is 82.8 Å². The van der Waals surface area contributed by atoms with Crippen LogP contribution in [0.4, 0.5) is 14.9 Å². The number of nitrogens with one attached hydrogen (secondary N) is 1. The first-order valence-electron chi connectivity index (χ1n) is 10.4. The molecule has 1 aliphatic heterocycles. The van der Waals surface area contributed by atoms with Crippen molar-refractivity contribution >= 4 is 23.1 Å². The number of rotatable bonds is 6. The number of anilines is 1. The van der Waals surface area contributed by atoms with Gasteiger partial charge in [-0.05, 0) is 54.8 Å². The standard InChI is InChI=1S/C24H26FN3O2S/c1-18(26-24(29)30-21-6-3-2-4-7-21)23(22-8-5-17-31-22)28-15-13-27(14-16-28)20-11-9-19(25)10-12-20/h2-12,17-18,23H,13-16H2,1H3,(H,26,29)/t18-,23-/m1/s1. The molecule has 0 saturated carbocycles. The third-order valence-electron chi connectivity index (χ3n) is 5.51. The molecule has 4 rings (SSSR count). The average molecular weight is 440 g/mol. The van der Waals surface area contributed by atoms with Gasteiger partial charge in [-0.25, -0.2) is 9.18 Å². The third kappa shape index (κ3) is 5.42. The molecule has 162 valence electrons. The second-order valence-electron chi connectivity index (χ2n) is 7.60. The SMILES string of the molecule is C[C@@H](NC(=O)Oc1ccccc1)[C@H](c1cccs1)N1CCN(c2ccc(F)cc2)CC1. The fourth-order valence-corrected chi connectivity index (χ4v) is 4.97. The molecule has 0 aliphatic carbocycles. The normalized spacial score (nSPS) is 16.5. The van der Waals surface area contributed by atoms with Crippen molar-refractivity contribution < 1.29 is 13.9 Å². The maximum absolute atomic E-state index is 13.2. The van der Waals surface area contributed by atoms with Crippen LogP contribution < -0.4 is 15.0 Å². The summed E-state index contributed by atoms with van der Waals surface area (Å²) in [6.07, 6.45) is -0.454. The minimum atomic E-state index is -0.454. The van der Waals surface area contributed by atoms with Crippen LogP contribution in [0.1, 0.15) is 17.8 Å². The molecule has 1 aromatic heterocycles. The van der Waals surface area contributed by atoms with Gasteiger partial charge in [0.05, 0.1) is 6.04 Å². The molecule has 2 aromatic carbocycles. The van der Waals surface area contributed by atoms with Gasteiger partial charge < -0.3 is 15.0 Å². The molecule has 2 heterocycles.